The van der Waals surface area contributed by atoms with E-state index in [1.807, 2.05) is 6.07 Å². The molecule has 0 heterocycles. The van der Waals surface area contributed by atoms with E-state index >= 15 is 0 Å². The highest BCUT2D eigenvalue weighted by Crippen LogP contribution is 2.21. The van der Waals surface area contributed by atoms with Crippen LogP contribution in [0.5, 0.6) is 0 Å². The molecule has 2 N–H and O–H groups in total. The topological polar surface area (TPSA) is 32.3 Å². The number of hydrogen-bond acceptors (Lipinski definition) is 2. The lowest BCUT2D eigenvalue weighted by molar-refractivity contribution is 0.163. The molecule has 0 fully saturated rings. The summed E-state index contributed by atoms with van der Waals surface area (Å²) in [7, 11) is 0. The summed E-state index contributed by atoms with van der Waals surface area (Å²) in [6, 6.07) is 6.21. The fourth-order valence-electron chi connectivity index (χ4n) is 1.94. The van der Waals surface area contributed by atoms with Crippen molar-refractivity contribution in [1.29, 1.82) is 0 Å². The van der Waals surface area contributed by atoms with E-state index in [0.717, 1.165) is 18.5 Å². The van der Waals surface area contributed by atoms with Crippen molar-refractivity contribution < 1.29 is 5.11 Å². The minimum Gasteiger partial charge on any atom is -0.388 e. The average Bonchev–Trinajstić information content (AvgIpc) is 2.15. The molecule has 0 radical (unpaired) electrons. The van der Waals surface area contributed by atoms with E-state index in [4.69, 9.17) is 0 Å². The third kappa shape index (κ3) is 4.88. The first-order valence-corrected chi connectivity index (χ1v) is 6.30. The minimum absolute atomic E-state index is 0.113. The maximum absolute atomic E-state index is 10.1. The molecule has 1 aromatic carbocycles. The van der Waals surface area contributed by atoms with E-state index in [2.05, 4.69) is 52.1 Å². The van der Waals surface area contributed by atoms with Crippen LogP contribution in [0.25, 0.3) is 0 Å². The van der Waals surface area contributed by atoms with Gasteiger partial charge in [-0.25, -0.2) is 0 Å². The Hall–Kier alpha value is -0.860. The molecule has 0 aliphatic heterocycles. The Morgan fingerprint density at radius 2 is 1.88 bits per heavy atom. The molecule has 1 aromatic rings. The lowest BCUT2D eigenvalue weighted by Crippen LogP contribution is -2.36. The molecule has 2 nitrogen and oxygen atoms in total. The SMILES string of the molecule is Cc1ccc(C(O)CCNC(C)(C)C)c(C)c1. The number of aliphatic hydroxyl groups is 1. The Labute approximate surface area is 105 Å². The molecule has 17 heavy (non-hydrogen) atoms. The molecule has 0 aliphatic carbocycles. The Morgan fingerprint density at radius 1 is 1.24 bits per heavy atom. The third-order valence-electron chi connectivity index (χ3n) is 2.86. The standard InChI is InChI=1S/C15H25NO/c1-11-6-7-13(12(2)10-11)14(17)8-9-16-15(3,4)5/h6-7,10,14,16-17H,8-9H2,1-5H3. The van der Waals surface area contributed by atoms with Gasteiger partial charge in [0.1, 0.15) is 0 Å². The van der Waals surface area contributed by atoms with Gasteiger partial charge in [0.2, 0.25) is 0 Å². The van der Waals surface area contributed by atoms with Crippen molar-refractivity contribution in [2.24, 2.45) is 0 Å². The molecule has 96 valence electrons. The summed E-state index contributed by atoms with van der Waals surface area (Å²) in [4.78, 5) is 0. The van der Waals surface area contributed by atoms with Crippen molar-refractivity contribution in [2.45, 2.75) is 52.7 Å². The van der Waals surface area contributed by atoms with Gasteiger partial charge in [-0.1, -0.05) is 23.8 Å². The third-order valence-corrected chi connectivity index (χ3v) is 2.86. The maximum Gasteiger partial charge on any atom is 0.0804 e. The first kappa shape index (κ1) is 14.2. The van der Waals surface area contributed by atoms with Crippen LogP contribution in [0.1, 0.15) is 50.0 Å². The Morgan fingerprint density at radius 3 is 2.41 bits per heavy atom. The average molecular weight is 235 g/mol. The molecule has 0 saturated heterocycles. The molecule has 1 rings (SSSR count). The summed E-state index contributed by atoms with van der Waals surface area (Å²) in [5.74, 6) is 0. The number of nitrogens with one attached hydrogen (secondary N) is 1. The van der Waals surface area contributed by atoms with Crippen LogP contribution in [0.4, 0.5) is 0 Å². The molecule has 0 bridgehead atoms. The highest BCUT2D eigenvalue weighted by molar-refractivity contribution is 5.31. The highest BCUT2D eigenvalue weighted by atomic mass is 16.3. The largest absolute Gasteiger partial charge is 0.388 e. The minimum atomic E-state index is -0.370. The van der Waals surface area contributed by atoms with Crippen molar-refractivity contribution in [1.82, 2.24) is 5.32 Å². The van der Waals surface area contributed by atoms with Crippen LogP contribution >= 0.6 is 0 Å². The van der Waals surface area contributed by atoms with Crippen LogP contribution in [0.15, 0.2) is 18.2 Å². The molecule has 0 aromatic heterocycles. The first-order valence-electron chi connectivity index (χ1n) is 6.30. The smallest absolute Gasteiger partial charge is 0.0804 e. The fourth-order valence-corrected chi connectivity index (χ4v) is 1.94. The van der Waals surface area contributed by atoms with E-state index < -0.39 is 0 Å². The van der Waals surface area contributed by atoms with Gasteiger partial charge in [-0.2, -0.15) is 0 Å². The van der Waals surface area contributed by atoms with Crippen LogP contribution < -0.4 is 5.32 Å². The van der Waals surface area contributed by atoms with Crippen LogP contribution in [-0.4, -0.2) is 17.2 Å². The molecule has 1 unspecified atom stereocenters. The van der Waals surface area contributed by atoms with Crippen molar-refractivity contribution in [2.75, 3.05) is 6.54 Å². The molecule has 1 atom stereocenters. The van der Waals surface area contributed by atoms with E-state index in [9.17, 15) is 5.11 Å². The molecule has 0 aliphatic rings. The molecule has 0 saturated carbocycles. The quantitative estimate of drug-likeness (QED) is 0.840. The highest BCUT2D eigenvalue weighted by Gasteiger charge is 2.13. The van der Waals surface area contributed by atoms with Gasteiger partial charge in [-0.15, -0.1) is 0 Å². The normalized spacial score (nSPS) is 13.8. The van der Waals surface area contributed by atoms with Gasteiger partial charge < -0.3 is 10.4 Å². The molecule has 0 amide bonds. The Bertz CT molecular complexity index is 366. The fraction of sp³-hybridized carbons (Fsp3) is 0.600. The van der Waals surface area contributed by atoms with Crippen LogP contribution in [0, 0.1) is 13.8 Å². The maximum atomic E-state index is 10.1. The van der Waals surface area contributed by atoms with E-state index in [1.54, 1.807) is 0 Å². The molecular weight excluding hydrogens is 210 g/mol. The van der Waals surface area contributed by atoms with Crippen molar-refractivity contribution >= 4 is 0 Å². The number of rotatable bonds is 4. The Balaban J connectivity index is 2.55. The second kappa shape index (κ2) is 5.65. The molecular formula is C15H25NO. The van der Waals surface area contributed by atoms with Crippen LogP contribution in [0.2, 0.25) is 0 Å². The summed E-state index contributed by atoms with van der Waals surface area (Å²) in [6.07, 6.45) is 0.381. The monoisotopic (exact) mass is 235 g/mol. The lowest BCUT2D eigenvalue weighted by Gasteiger charge is -2.22. The van der Waals surface area contributed by atoms with Gasteiger partial charge >= 0.3 is 0 Å². The van der Waals surface area contributed by atoms with Gasteiger partial charge in [0.15, 0.2) is 0 Å². The predicted molar refractivity (Wildman–Crippen MR) is 73.2 cm³/mol. The summed E-state index contributed by atoms with van der Waals surface area (Å²) in [5, 5.41) is 13.5. The second-order valence-electron chi connectivity index (χ2n) is 5.84. The predicted octanol–water partition coefficient (Wildman–Crippen LogP) is 3.12. The summed E-state index contributed by atoms with van der Waals surface area (Å²) in [5.41, 5.74) is 3.58. The zero-order valence-corrected chi connectivity index (χ0v) is 11.7. The number of hydrogen-bond donors (Lipinski definition) is 2. The van der Waals surface area contributed by atoms with Gasteiger partial charge in [-0.3, -0.25) is 0 Å². The van der Waals surface area contributed by atoms with Crippen molar-refractivity contribution in [3.63, 3.8) is 0 Å². The van der Waals surface area contributed by atoms with E-state index in [1.165, 1.54) is 11.1 Å². The lowest BCUT2D eigenvalue weighted by atomic mass is 9.99. The van der Waals surface area contributed by atoms with Crippen molar-refractivity contribution in [3.05, 3.63) is 34.9 Å². The summed E-state index contributed by atoms with van der Waals surface area (Å²) in [6.45, 7) is 11.4. The van der Waals surface area contributed by atoms with Gasteiger partial charge in [0.25, 0.3) is 0 Å². The number of benzene rings is 1. The van der Waals surface area contributed by atoms with Gasteiger partial charge in [-0.05, 0) is 58.7 Å². The summed E-state index contributed by atoms with van der Waals surface area (Å²) >= 11 is 0. The zero-order chi connectivity index (χ0) is 13.1. The molecule has 0 spiro atoms. The Kier molecular flexibility index (Phi) is 4.72. The van der Waals surface area contributed by atoms with Crippen LogP contribution in [-0.2, 0) is 0 Å². The van der Waals surface area contributed by atoms with E-state index in [-0.39, 0.29) is 11.6 Å². The second-order valence-corrected chi connectivity index (χ2v) is 5.84. The van der Waals surface area contributed by atoms with Crippen LogP contribution in [0.3, 0.4) is 0 Å². The summed E-state index contributed by atoms with van der Waals surface area (Å²) < 4.78 is 0. The molecule has 2 heteroatoms. The van der Waals surface area contributed by atoms with Gasteiger partial charge in [0, 0.05) is 5.54 Å². The number of aryl methyl sites for hydroxylation is 2. The zero-order valence-electron chi connectivity index (χ0n) is 11.7. The first-order chi connectivity index (χ1) is 7.79. The van der Waals surface area contributed by atoms with E-state index in [0.29, 0.717) is 0 Å². The van der Waals surface area contributed by atoms with Gasteiger partial charge in [0.05, 0.1) is 6.10 Å². The van der Waals surface area contributed by atoms with Crippen molar-refractivity contribution in [3.8, 4) is 0 Å². The number of aliphatic hydroxyl groups excluding tert-OH is 1.